The van der Waals surface area contributed by atoms with Crippen molar-refractivity contribution in [1.82, 2.24) is 5.32 Å². The average Bonchev–Trinajstić information content (AvgIpc) is 2.67. The van der Waals surface area contributed by atoms with E-state index in [2.05, 4.69) is 24.4 Å². The molecule has 31 heavy (non-hydrogen) atoms. The summed E-state index contributed by atoms with van der Waals surface area (Å²) in [5.41, 5.74) is 0. The molecule has 6 heteroatoms. The molecular weight excluding hydrogens is 392 g/mol. The predicted octanol–water partition coefficient (Wildman–Crippen LogP) is 5.51. The van der Waals surface area contributed by atoms with E-state index in [9.17, 15) is 9.59 Å². The lowest BCUT2D eigenvalue weighted by molar-refractivity contribution is -0.883. The van der Waals surface area contributed by atoms with Gasteiger partial charge in [-0.05, 0) is 32.1 Å². The number of amides is 1. The number of allylic oxidation sites excluding steroid dienone is 2. The molecule has 184 valence electrons. The van der Waals surface area contributed by atoms with Gasteiger partial charge in [-0.25, -0.2) is 4.79 Å². The fourth-order valence-corrected chi connectivity index (χ4v) is 3.62. The van der Waals surface area contributed by atoms with Gasteiger partial charge >= 0.3 is 5.97 Å². The van der Waals surface area contributed by atoms with Crippen molar-refractivity contribution in [2.45, 2.75) is 103 Å². The number of carboxylic acids is 1. The molecule has 0 atom stereocenters. The van der Waals surface area contributed by atoms with Crippen molar-refractivity contribution >= 4 is 11.9 Å². The summed E-state index contributed by atoms with van der Waals surface area (Å²) in [5, 5.41) is 11.8. The van der Waals surface area contributed by atoms with Crippen LogP contribution in [0, 0.1) is 0 Å². The zero-order valence-electron chi connectivity index (χ0n) is 20.5. The van der Waals surface area contributed by atoms with E-state index in [0.29, 0.717) is 17.4 Å². The summed E-state index contributed by atoms with van der Waals surface area (Å²) in [7, 11) is 3.81. The molecule has 0 aliphatic heterocycles. The van der Waals surface area contributed by atoms with Crippen LogP contribution >= 0.6 is 0 Å². The zero-order valence-corrected chi connectivity index (χ0v) is 20.5. The highest BCUT2D eigenvalue weighted by molar-refractivity contribution is 5.75. The summed E-state index contributed by atoms with van der Waals surface area (Å²) in [4.78, 5) is 22.6. The third-order valence-corrected chi connectivity index (χ3v) is 5.49. The number of hydrogen-bond donors (Lipinski definition) is 2. The van der Waals surface area contributed by atoms with E-state index in [-0.39, 0.29) is 17.9 Å². The first-order valence-corrected chi connectivity index (χ1v) is 12.3. The van der Waals surface area contributed by atoms with Crippen LogP contribution in [0.25, 0.3) is 0 Å². The first kappa shape index (κ1) is 31.8. The highest BCUT2D eigenvalue weighted by Gasteiger charge is 2.18. The lowest BCUT2D eigenvalue weighted by Gasteiger charge is -2.27. The minimum Gasteiger partial charge on any atom is -0.870 e. The molecule has 0 saturated heterocycles. The van der Waals surface area contributed by atoms with Crippen molar-refractivity contribution in [3.05, 3.63) is 12.2 Å². The van der Waals surface area contributed by atoms with E-state index in [0.717, 1.165) is 25.8 Å². The number of unbranched alkanes of at least 4 members (excludes halogenated alkanes) is 11. The minimum atomic E-state index is -0.784. The molecule has 0 aliphatic rings. The second-order valence-corrected chi connectivity index (χ2v) is 9.25. The number of carbonyl (C=O) groups is 2. The van der Waals surface area contributed by atoms with E-state index in [1.165, 1.54) is 70.6 Å². The predicted molar refractivity (Wildman–Crippen MR) is 128 cm³/mol. The monoisotopic (exact) mass is 442 g/mol. The Morgan fingerprint density at radius 1 is 0.806 bits per heavy atom. The Morgan fingerprint density at radius 3 is 1.87 bits per heavy atom. The molecule has 0 bridgehead atoms. The lowest BCUT2D eigenvalue weighted by atomic mass is 10.1. The van der Waals surface area contributed by atoms with E-state index in [1.807, 2.05) is 14.1 Å². The van der Waals surface area contributed by atoms with Gasteiger partial charge in [0.15, 0.2) is 6.54 Å². The van der Waals surface area contributed by atoms with Crippen molar-refractivity contribution in [3.8, 4) is 0 Å². The first-order valence-electron chi connectivity index (χ1n) is 12.3. The number of aliphatic carboxylic acids is 1. The molecule has 3 N–H and O–H groups in total. The number of carbonyl (C=O) groups excluding carboxylic acids is 1. The maximum atomic E-state index is 11.9. The van der Waals surface area contributed by atoms with Crippen LogP contribution in [0.1, 0.15) is 103 Å². The minimum absolute atomic E-state index is 0. The summed E-state index contributed by atoms with van der Waals surface area (Å²) in [6, 6.07) is 0. The Labute approximate surface area is 191 Å². The number of hydrogen-bond acceptors (Lipinski definition) is 3. The first-order chi connectivity index (χ1) is 14.4. The second kappa shape index (κ2) is 21.8. The van der Waals surface area contributed by atoms with Crippen LogP contribution in [0.2, 0.25) is 0 Å². The van der Waals surface area contributed by atoms with Gasteiger partial charge in [0.1, 0.15) is 0 Å². The van der Waals surface area contributed by atoms with E-state index < -0.39 is 5.97 Å². The van der Waals surface area contributed by atoms with Gasteiger partial charge in [-0.3, -0.25) is 4.79 Å². The Hall–Kier alpha value is -1.40. The molecule has 0 aromatic rings. The summed E-state index contributed by atoms with van der Waals surface area (Å²) >= 11 is 0. The molecule has 0 rings (SSSR count). The van der Waals surface area contributed by atoms with Crippen molar-refractivity contribution in [1.29, 1.82) is 0 Å². The normalized spacial score (nSPS) is 11.5. The van der Waals surface area contributed by atoms with Gasteiger partial charge in [0.05, 0.1) is 20.6 Å². The van der Waals surface area contributed by atoms with Gasteiger partial charge in [-0.15, -0.1) is 0 Å². The SMILES string of the molecule is CCCCCCCCC=CCCCCCCCC(=O)NCCC[N+](C)(C)CC(=O)O.[OH-]. The molecule has 0 radical (unpaired) electrons. The van der Waals surface area contributed by atoms with Crippen molar-refractivity contribution in [2.24, 2.45) is 0 Å². The number of rotatable bonds is 21. The van der Waals surface area contributed by atoms with Crippen LogP contribution < -0.4 is 5.32 Å². The zero-order chi connectivity index (χ0) is 22.5. The third-order valence-electron chi connectivity index (χ3n) is 5.49. The van der Waals surface area contributed by atoms with Crippen molar-refractivity contribution < 1.29 is 24.7 Å². The fourth-order valence-electron chi connectivity index (χ4n) is 3.62. The highest BCUT2D eigenvalue weighted by Crippen LogP contribution is 2.10. The quantitative estimate of drug-likeness (QED) is 0.139. The number of nitrogens with one attached hydrogen (secondary N) is 1. The van der Waals surface area contributed by atoms with Crippen LogP contribution in [0.5, 0.6) is 0 Å². The van der Waals surface area contributed by atoms with Crippen LogP contribution in [-0.4, -0.2) is 60.7 Å². The smallest absolute Gasteiger partial charge is 0.359 e. The summed E-state index contributed by atoms with van der Waals surface area (Å²) in [6.45, 7) is 3.76. The largest absolute Gasteiger partial charge is 0.870 e. The topological polar surface area (TPSA) is 96.4 Å². The van der Waals surface area contributed by atoms with Crippen LogP contribution in [0.3, 0.4) is 0 Å². The molecule has 0 heterocycles. The number of nitrogens with zero attached hydrogens (tertiary/aromatic N) is 1. The molecule has 0 unspecified atom stereocenters. The molecular formula is C25H50N2O4. The summed E-state index contributed by atoms with van der Waals surface area (Å²) in [5.74, 6) is -0.663. The summed E-state index contributed by atoms with van der Waals surface area (Å²) in [6.07, 6.45) is 22.5. The summed E-state index contributed by atoms with van der Waals surface area (Å²) < 4.78 is 0.444. The number of quaternary nitrogens is 1. The third kappa shape index (κ3) is 24.7. The van der Waals surface area contributed by atoms with E-state index >= 15 is 0 Å². The van der Waals surface area contributed by atoms with Crippen LogP contribution in [0.4, 0.5) is 0 Å². The van der Waals surface area contributed by atoms with E-state index in [1.54, 1.807) is 0 Å². The van der Waals surface area contributed by atoms with Crippen LogP contribution in [0.15, 0.2) is 12.2 Å². The van der Waals surface area contributed by atoms with E-state index in [4.69, 9.17) is 5.11 Å². The Morgan fingerprint density at radius 2 is 1.32 bits per heavy atom. The van der Waals surface area contributed by atoms with Gasteiger partial charge in [-0.2, -0.15) is 0 Å². The molecule has 0 aromatic carbocycles. The average molecular weight is 443 g/mol. The maximum absolute atomic E-state index is 11.9. The second-order valence-electron chi connectivity index (χ2n) is 9.25. The molecule has 1 amide bonds. The number of likely N-dealkylation sites (N-methyl/N-ethyl adjacent to an activating group) is 1. The molecule has 0 spiro atoms. The van der Waals surface area contributed by atoms with Gasteiger partial charge in [0.2, 0.25) is 5.91 Å². The maximum Gasteiger partial charge on any atom is 0.359 e. The van der Waals surface area contributed by atoms with Crippen LogP contribution in [-0.2, 0) is 9.59 Å². The number of carboxylic acid groups (broad SMARTS) is 1. The molecule has 0 aromatic heterocycles. The van der Waals surface area contributed by atoms with Gasteiger partial charge in [-0.1, -0.05) is 70.4 Å². The molecule has 6 nitrogen and oxygen atoms in total. The molecule has 0 saturated carbocycles. The van der Waals surface area contributed by atoms with Gasteiger partial charge in [0.25, 0.3) is 0 Å². The lowest BCUT2D eigenvalue weighted by Crippen LogP contribution is -2.45. The van der Waals surface area contributed by atoms with Gasteiger partial charge in [0, 0.05) is 19.4 Å². The van der Waals surface area contributed by atoms with Gasteiger partial charge < -0.3 is 20.4 Å². The molecule has 0 fully saturated rings. The Bertz CT molecular complexity index is 464. The molecule has 0 aliphatic carbocycles. The van der Waals surface area contributed by atoms with Crippen molar-refractivity contribution in [2.75, 3.05) is 33.7 Å². The Kier molecular flexibility index (Phi) is 22.4. The standard InChI is InChI=1S/C25H48N2O3.H2O/c1-4-5-6-7-8-9-10-11-12-13-14-15-16-17-18-20-24(28)26-21-19-22-27(2,3)23-25(29)30;/h11-12H,4-10,13-23H2,1-3H3,(H-,26,28,29,30);1H2. The fraction of sp³-hybridized carbons (Fsp3) is 0.840. The van der Waals surface area contributed by atoms with Crippen molar-refractivity contribution in [3.63, 3.8) is 0 Å². The highest BCUT2D eigenvalue weighted by atomic mass is 16.4. The Balaban J connectivity index is 0.